The van der Waals surface area contributed by atoms with Gasteiger partial charge in [0.15, 0.2) is 0 Å². The Kier molecular flexibility index (Phi) is 3.88. The Balaban J connectivity index is 2.04. The Morgan fingerprint density at radius 2 is 2.06 bits per heavy atom. The summed E-state index contributed by atoms with van der Waals surface area (Å²) in [5.41, 5.74) is 7.77. The molecule has 1 aromatic carbocycles. The summed E-state index contributed by atoms with van der Waals surface area (Å²) in [4.78, 5) is 0. The molecule has 18 heavy (non-hydrogen) atoms. The molecule has 0 aromatic heterocycles. The average Bonchev–Trinajstić information content (AvgIpc) is 2.38. The van der Waals surface area contributed by atoms with Crippen LogP contribution >= 0.6 is 0 Å². The van der Waals surface area contributed by atoms with Crippen LogP contribution in [0.3, 0.4) is 0 Å². The topological polar surface area (TPSA) is 59.0 Å². The second kappa shape index (κ2) is 5.41. The van der Waals surface area contributed by atoms with Gasteiger partial charge in [-0.25, -0.2) is 0 Å². The molecule has 1 aliphatic carbocycles. The quantitative estimate of drug-likeness (QED) is 0.889. The van der Waals surface area contributed by atoms with Crippen LogP contribution in [0.1, 0.15) is 43.2 Å². The minimum absolute atomic E-state index is 0.212. The molecule has 0 amide bonds. The van der Waals surface area contributed by atoms with Gasteiger partial charge in [0.25, 0.3) is 0 Å². The molecule has 3 nitrogen and oxygen atoms in total. The number of rotatable bonds is 3. The van der Waals surface area contributed by atoms with Crippen molar-refractivity contribution in [3.63, 3.8) is 0 Å². The number of nitrogens with zero attached hydrogens (tertiary/aromatic N) is 1. The van der Waals surface area contributed by atoms with Crippen molar-refractivity contribution >= 4 is 0 Å². The van der Waals surface area contributed by atoms with E-state index in [1.165, 1.54) is 19.3 Å². The van der Waals surface area contributed by atoms with Crippen molar-refractivity contribution in [3.05, 3.63) is 29.3 Å². The molecule has 0 unspecified atom stereocenters. The SMILES string of the molecule is Cc1ccc(OCC2(N)CCCCC2)c(C#N)c1. The van der Waals surface area contributed by atoms with Crippen molar-refractivity contribution < 1.29 is 4.74 Å². The van der Waals surface area contributed by atoms with Crippen molar-refractivity contribution in [1.29, 1.82) is 5.26 Å². The van der Waals surface area contributed by atoms with E-state index in [4.69, 9.17) is 15.7 Å². The third kappa shape index (κ3) is 3.02. The molecule has 0 aliphatic heterocycles. The van der Waals surface area contributed by atoms with Crippen LogP contribution in [0.5, 0.6) is 5.75 Å². The minimum atomic E-state index is -0.212. The number of aryl methyl sites for hydroxylation is 1. The van der Waals surface area contributed by atoms with E-state index in [1.807, 2.05) is 25.1 Å². The molecule has 3 heteroatoms. The van der Waals surface area contributed by atoms with E-state index in [2.05, 4.69) is 6.07 Å². The standard InChI is InChI=1S/C15H20N2O/c1-12-5-6-14(13(9-12)10-16)18-11-15(17)7-3-2-4-8-15/h5-6,9H,2-4,7-8,11,17H2,1H3. The molecule has 0 saturated heterocycles. The number of nitriles is 1. The first-order valence-corrected chi connectivity index (χ1v) is 6.55. The first-order valence-electron chi connectivity index (χ1n) is 6.55. The predicted octanol–water partition coefficient (Wildman–Crippen LogP) is 2.91. The third-order valence-electron chi connectivity index (χ3n) is 3.62. The summed E-state index contributed by atoms with van der Waals surface area (Å²) in [7, 11) is 0. The zero-order valence-corrected chi connectivity index (χ0v) is 10.9. The summed E-state index contributed by atoms with van der Waals surface area (Å²) < 4.78 is 5.78. The third-order valence-corrected chi connectivity index (χ3v) is 3.62. The average molecular weight is 244 g/mol. The highest BCUT2D eigenvalue weighted by molar-refractivity contribution is 5.45. The van der Waals surface area contributed by atoms with Crippen molar-refractivity contribution in [2.45, 2.75) is 44.6 Å². The van der Waals surface area contributed by atoms with Gasteiger partial charge in [-0.05, 0) is 37.5 Å². The van der Waals surface area contributed by atoms with E-state index < -0.39 is 0 Å². The smallest absolute Gasteiger partial charge is 0.137 e. The molecule has 2 N–H and O–H groups in total. The molecule has 1 saturated carbocycles. The monoisotopic (exact) mass is 244 g/mol. The van der Waals surface area contributed by atoms with Gasteiger partial charge in [0, 0.05) is 0 Å². The molecule has 0 spiro atoms. The normalized spacial score (nSPS) is 18.1. The van der Waals surface area contributed by atoms with Gasteiger partial charge in [-0.1, -0.05) is 25.3 Å². The van der Waals surface area contributed by atoms with Crippen LogP contribution in [-0.2, 0) is 0 Å². The summed E-state index contributed by atoms with van der Waals surface area (Å²) in [6, 6.07) is 7.84. The summed E-state index contributed by atoms with van der Waals surface area (Å²) in [6.07, 6.45) is 5.66. The van der Waals surface area contributed by atoms with Crippen LogP contribution in [0.25, 0.3) is 0 Å². The van der Waals surface area contributed by atoms with Crippen LogP contribution in [0, 0.1) is 18.3 Å². The van der Waals surface area contributed by atoms with E-state index in [0.717, 1.165) is 18.4 Å². The number of ether oxygens (including phenoxy) is 1. The summed E-state index contributed by atoms with van der Waals surface area (Å²) in [6.45, 7) is 2.47. The van der Waals surface area contributed by atoms with Crippen molar-refractivity contribution in [3.8, 4) is 11.8 Å². The first-order chi connectivity index (χ1) is 8.63. The lowest BCUT2D eigenvalue weighted by Gasteiger charge is -2.33. The molecule has 1 aliphatic rings. The lowest BCUT2D eigenvalue weighted by atomic mass is 9.83. The number of benzene rings is 1. The highest BCUT2D eigenvalue weighted by Gasteiger charge is 2.28. The first kappa shape index (κ1) is 12.9. The van der Waals surface area contributed by atoms with Crippen molar-refractivity contribution in [2.75, 3.05) is 6.61 Å². The van der Waals surface area contributed by atoms with E-state index in [-0.39, 0.29) is 5.54 Å². The van der Waals surface area contributed by atoms with Gasteiger partial charge >= 0.3 is 0 Å². The maximum Gasteiger partial charge on any atom is 0.137 e. The van der Waals surface area contributed by atoms with Crippen molar-refractivity contribution in [2.24, 2.45) is 5.73 Å². The van der Waals surface area contributed by atoms with E-state index >= 15 is 0 Å². The highest BCUT2D eigenvalue weighted by Crippen LogP contribution is 2.27. The molecular formula is C15H20N2O. The lowest BCUT2D eigenvalue weighted by molar-refractivity contribution is 0.173. The molecular weight excluding hydrogens is 224 g/mol. The van der Waals surface area contributed by atoms with E-state index in [1.54, 1.807) is 0 Å². The number of nitrogens with two attached hydrogens (primary N) is 1. The van der Waals surface area contributed by atoms with Crippen LogP contribution < -0.4 is 10.5 Å². The number of hydrogen-bond acceptors (Lipinski definition) is 3. The Bertz CT molecular complexity index is 456. The zero-order chi connectivity index (χ0) is 13.0. The predicted molar refractivity (Wildman–Crippen MR) is 71.4 cm³/mol. The van der Waals surface area contributed by atoms with E-state index in [9.17, 15) is 0 Å². The van der Waals surface area contributed by atoms with Gasteiger partial charge in [-0.15, -0.1) is 0 Å². The lowest BCUT2D eigenvalue weighted by Crippen LogP contribution is -2.47. The fourth-order valence-electron chi connectivity index (χ4n) is 2.48. The van der Waals surface area contributed by atoms with Gasteiger partial charge in [0.1, 0.15) is 18.4 Å². The molecule has 0 heterocycles. The minimum Gasteiger partial charge on any atom is -0.490 e. The Hall–Kier alpha value is -1.53. The van der Waals surface area contributed by atoms with Crippen LogP contribution in [0.2, 0.25) is 0 Å². The molecule has 0 atom stereocenters. The Morgan fingerprint density at radius 3 is 2.72 bits per heavy atom. The second-order valence-electron chi connectivity index (χ2n) is 5.32. The molecule has 0 bridgehead atoms. The largest absolute Gasteiger partial charge is 0.490 e. The fourth-order valence-corrected chi connectivity index (χ4v) is 2.48. The molecule has 1 aromatic rings. The second-order valence-corrected chi connectivity index (χ2v) is 5.32. The van der Waals surface area contributed by atoms with Gasteiger partial charge in [0.05, 0.1) is 11.1 Å². The number of hydrogen-bond donors (Lipinski definition) is 1. The van der Waals surface area contributed by atoms with Crippen LogP contribution in [0.15, 0.2) is 18.2 Å². The van der Waals surface area contributed by atoms with Crippen molar-refractivity contribution in [1.82, 2.24) is 0 Å². The summed E-state index contributed by atoms with van der Waals surface area (Å²) >= 11 is 0. The van der Waals surface area contributed by atoms with Gasteiger partial charge in [-0.2, -0.15) is 5.26 Å². The molecule has 0 radical (unpaired) electrons. The molecule has 1 fully saturated rings. The van der Waals surface area contributed by atoms with Crippen LogP contribution in [-0.4, -0.2) is 12.1 Å². The maximum absolute atomic E-state index is 9.08. The fraction of sp³-hybridized carbons (Fsp3) is 0.533. The Labute approximate surface area is 109 Å². The zero-order valence-electron chi connectivity index (χ0n) is 10.9. The molecule has 96 valence electrons. The summed E-state index contributed by atoms with van der Waals surface area (Å²) in [5, 5.41) is 9.08. The van der Waals surface area contributed by atoms with E-state index in [0.29, 0.717) is 17.9 Å². The Morgan fingerprint density at radius 1 is 1.33 bits per heavy atom. The summed E-state index contributed by atoms with van der Waals surface area (Å²) in [5.74, 6) is 0.651. The highest BCUT2D eigenvalue weighted by atomic mass is 16.5. The maximum atomic E-state index is 9.08. The van der Waals surface area contributed by atoms with Crippen LogP contribution in [0.4, 0.5) is 0 Å². The van der Waals surface area contributed by atoms with Gasteiger partial charge < -0.3 is 10.5 Å². The molecule has 2 rings (SSSR count). The van der Waals surface area contributed by atoms with Gasteiger partial charge in [-0.3, -0.25) is 0 Å². The van der Waals surface area contributed by atoms with Gasteiger partial charge in [0.2, 0.25) is 0 Å².